The molecule has 2 rings (SSSR count). The third kappa shape index (κ3) is 4.39. The van der Waals surface area contributed by atoms with Crippen molar-refractivity contribution < 1.29 is 28.5 Å². The summed E-state index contributed by atoms with van der Waals surface area (Å²) in [5.74, 6) is 0.429. The van der Waals surface area contributed by atoms with Crippen molar-refractivity contribution in [3.8, 4) is 17.2 Å². The molecule has 0 heterocycles. The van der Waals surface area contributed by atoms with Crippen molar-refractivity contribution in [2.45, 2.75) is 32.7 Å². The van der Waals surface area contributed by atoms with Crippen molar-refractivity contribution in [2.24, 2.45) is 5.92 Å². The summed E-state index contributed by atoms with van der Waals surface area (Å²) in [4.78, 5) is 26.8. The minimum atomic E-state index is -0.387. The first kappa shape index (κ1) is 19.9. The molecule has 1 fully saturated rings. The van der Waals surface area contributed by atoms with Crippen LogP contribution in [0.15, 0.2) is 12.1 Å². The Labute approximate surface area is 154 Å². The SMILES string of the molecule is CCOC(=O)C(C)CN(C(=O)c1cc(OC)c(OC)c(OC)c1)C1CC1. The third-order valence-electron chi connectivity index (χ3n) is 4.32. The number of amides is 1. The predicted octanol–water partition coefficient (Wildman–Crippen LogP) is 2.52. The average molecular weight is 365 g/mol. The van der Waals surface area contributed by atoms with Gasteiger partial charge in [-0.15, -0.1) is 0 Å². The highest BCUT2D eigenvalue weighted by Crippen LogP contribution is 2.39. The monoisotopic (exact) mass is 365 g/mol. The Hall–Kier alpha value is -2.44. The number of benzene rings is 1. The van der Waals surface area contributed by atoms with Gasteiger partial charge in [0.15, 0.2) is 11.5 Å². The Morgan fingerprint density at radius 2 is 1.69 bits per heavy atom. The van der Waals surface area contributed by atoms with Crippen LogP contribution in [0.2, 0.25) is 0 Å². The molecule has 1 unspecified atom stereocenters. The molecular weight excluding hydrogens is 338 g/mol. The first-order valence-corrected chi connectivity index (χ1v) is 8.74. The lowest BCUT2D eigenvalue weighted by Gasteiger charge is -2.26. The molecule has 1 aliphatic rings. The van der Waals surface area contributed by atoms with E-state index in [0.29, 0.717) is 36.0 Å². The summed E-state index contributed by atoms with van der Waals surface area (Å²) < 4.78 is 21.0. The maximum atomic E-state index is 13.1. The number of esters is 1. The van der Waals surface area contributed by atoms with Gasteiger partial charge in [-0.3, -0.25) is 9.59 Å². The maximum absolute atomic E-state index is 13.1. The summed E-state index contributed by atoms with van der Waals surface area (Å²) in [7, 11) is 4.53. The summed E-state index contributed by atoms with van der Waals surface area (Å²) >= 11 is 0. The van der Waals surface area contributed by atoms with Gasteiger partial charge in [0, 0.05) is 18.2 Å². The van der Waals surface area contributed by atoms with E-state index in [9.17, 15) is 9.59 Å². The molecule has 1 aliphatic carbocycles. The zero-order valence-electron chi connectivity index (χ0n) is 16.0. The van der Waals surface area contributed by atoms with E-state index in [2.05, 4.69) is 0 Å². The van der Waals surface area contributed by atoms with Crippen LogP contribution in [0.4, 0.5) is 0 Å². The van der Waals surface area contributed by atoms with Crippen molar-refractivity contribution >= 4 is 11.9 Å². The van der Waals surface area contributed by atoms with E-state index >= 15 is 0 Å². The summed E-state index contributed by atoms with van der Waals surface area (Å²) in [6.45, 7) is 4.19. The van der Waals surface area contributed by atoms with Crippen LogP contribution in [0.3, 0.4) is 0 Å². The lowest BCUT2D eigenvalue weighted by Crippen LogP contribution is -2.39. The quantitative estimate of drug-likeness (QED) is 0.626. The first-order chi connectivity index (χ1) is 12.5. The largest absolute Gasteiger partial charge is 0.493 e. The fourth-order valence-electron chi connectivity index (χ4n) is 2.81. The number of methoxy groups -OCH3 is 3. The van der Waals surface area contributed by atoms with Gasteiger partial charge in [0.1, 0.15) is 0 Å². The molecular formula is C19H27NO6. The second-order valence-corrected chi connectivity index (χ2v) is 6.26. The van der Waals surface area contributed by atoms with Crippen molar-refractivity contribution in [3.63, 3.8) is 0 Å². The second kappa shape index (κ2) is 8.78. The number of nitrogens with zero attached hydrogens (tertiary/aromatic N) is 1. The predicted molar refractivity (Wildman–Crippen MR) is 96.0 cm³/mol. The van der Waals surface area contributed by atoms with E-state index in [0.717, 1.165) is 12.8 Å². The Bertz CT molecular complexity index is 630. The minimum absolute atomic E-state index is 0.151. The van der Waals surface area contributed by atoms with Crippen molar-refractivity contribution in [1.82, 2.24) is 4.90 Å². The molecule has 0 spiro atoms. The van der Waals surface area contributed by atoms with Crippen LogP contribution in [0.25, 0.3) is 0 Å². The van der Waals surface area contributed by atoms with E-state index in [1.54, 1.807) is 30.9 Å². The minimum Gasteiger partial charge on any atom is -0.493 e. The van der Waals surface area contributed by atoms with Gasteiger partial charge in [-0.05, 0) is 31.9 Å². The number of hydrogen-bond donors (Lipinski definition) is 0. The molecule has 0 aromatic heterocycles. The van der Waals surface area contributed by atoms with E-state index in [-0.39, 0.29) is 23.8 Å². The van der Waals surface area contributed by atoms with Crippen LogP contribution in [0, 0.1) is 5.92 Å². The molecule has 7 nitrogen and oxygen atoms in total. The number of carbonyl (C=O) groups excluding carboxylic acids is 2. The van der Waals surface area contributed by atoms with Gasteiger partial charge in [-0.1, -0.05) is 6.92 Å². The zero-order valence-corrected chi connectivity index (χ0v) is 16.0. The fraction of sp³-hybridized carbons (Fsp3) is 0.579. The average Bonchev–Trinajstić information content (AvgIpc) is 3.49. The van der Waals surface area contributed by atoms with E-state index in [4.69, 9.17) is 18.9 Å². The lowest BCUT2D eigenvalue weighted by molar-refractivity contribution is -0.147. The van der Waals surface area contributed by atoms with Gasteiger partial charge in [0.25, 0.3) is 5.91 Å². The van der Waals surface area contributed by atoms with Gasteiger partial charge in [-0.25, -0.2) is 0 Å². The van der Waals surface area contributed by atoms with Crippen molar-refractivity contribution in [2.75, 3.05) is 34.5 Å². The molecule has 1 atom stereocenters. The van der Waals surface area contributed by atoms with E-state index in [1.165, 1.54) is 21.3 Å². The summed E-state index contributed by atoms with van der Waals surface area (Å²) in [5, 5.41) is 0. The highest BCUT2D eigenvalue weighted by atomic mass is 16.5. The second-order valence-electron chi connectivity index (χ2n) is 6.26. The Kier molecular flexibility index (Phi) is 6.71. The third-order valence-corrected chi connectivity index (χ3v) is 4.32. The summed E-state index contributed by atoms with van der Waals surface area (Å²) in [5.41, 5.74) is 0.433. The molecule has 0 N–H and O–H groups in total. The Morgan fingerprint density at radius 3 is 2.12 bits per heavy atom. The highest BCUT2D eigenvalue weighted by molar-refractivity contribution is 5.96. The molecule has 0 saturated heterocycles. The Morgan fingerprint density at radius 1 is 1.12 bits per heavy atom. The number of rotatable bonds is 9. The van der Waals surface area contributed by atoms with Crippen LogP contribution in [-0.4, -0.2) is 57.3 Å². The van der Waals surface area contributed by atoms with Crippen molar-refractivity contribution in [1.29, 1.82) is 0 Å². The van der Waals surface area contributed by atoms with Crippen LogP contribution in [0.5, 0.6) is 17.2 Å². The highest BCUT2D eigenvalue weighted by Gasteiger charge is 2.35. The molecule has 1 saturated carbocycles. The van der Waals surface area contributed by atoms with Gasteiger partial charge >= 0.3 is 5.97 Å². The number of hydrogen-bond acceptors (Lipinski definition) is 6. The lowest BCUT2D eigenvalue weighted by atomic mass is 10.1. The Balaban J connectivity index is 2.27. The molecule has 7 heteroatoms. The normalized spacial score (nSPS) is 14.3. The van der Waals surface area contributed by atoms with Crippen LogP contribution in [0.1, 0.15) is 37.0 Å². The molecule has 0 bridgehead atoms. The molecule has 1 aromatic rings. The van der Waals surface area contributed by atoms with Crippen molar-refractivity contribution in [3.05, 3.63) is 17.7 Å². The topological polar surface area (TPSA) is 74.3 Å². The number of carbonyl (C=O) groups is 2. The van der Waals surface area contributed by atoms with E-state index in [1.807, 2.05) is 0 Å². The molecule has 26 heavy (non-hydrogen) atoms. The van der Waals surface area contributed by atoms with Gasteiger partial charge < -0.3 is 23.8 Å². The summed E-state index contributed by atoms with van der Waals surface area (Å²) in [6.07, 6.45) is 1.87. The van der Waals surface area contributed by atoms with Crippen LogP contribution < -0.4 is 14.2 Å². The van der Waals surface area contributed by atoms with Gasteiger partial charge in [-0.2, -0.15) is 0 Å². The van der Waals surface area contributed by atoms with Crippen LogP contribution >= 0.6 is 0 Å². The fourth-order valence-corrected chi connectivity index (χ4v) is 2.81. The van der Waals surface area contributed by atoms with Gasteiger partial charge in [0.2, 0.25) is 5.75 Å². The smallest absolute Gasteiger partial charge is 0.310 e. The van der Waals surface area contributed by atoms with Crippen LogP contribution in [-0.2, 0) is 9.53 Å². The molecule has 1 amide bonds. The molecule has 144 valence electrons. The zero-order chi connectivity index (χ0) is 19.3. The first-order valence-electron chi connectivity index (χ1n) is 8.74. The van der Waals surface area contributed by atoms with E-state index < -0.39 is 0 Å². The molecule has 0 radical (unpaired) electrons. The summed E-state index contributed by atoms with van der Waals surface area (Å²) in [6, 6.07) is 3.42. The molecule has 0 aliphatic heterocycles. The standard InChI is InChI=1S/C19H27NO6/c1-6-26-19(22)12(2)11-20(14-7-8-14)18(21)13-9-15(23-3)17(25-5)16(10-13)24-4/h9-10,12,14H,6-8,11H2,1-5H3. The number of ether oxygens (including phenoxy) is 4. The molecule has 1 aromatic carbocycles. The maximum Gasteiger partial charge on any atom is 0.310 e. The van der Waals surface area contributed by atoms with Gasteiger partial charge in [0.05, 0.1) is 33.9 Å².